The Labute approximate surface area is 207 Å². The first-order valence-electron chi connectivity index (χ1n) is 12.0. The number of carbonyl (C=O) groups is 1. The summed E-state index contributed by atoms with van der Waals surface area (Å²) in [5.74, 6) is 0.487. The van der Waals surface area contributed by atoms with Crippen LogP contribution in [-0.2, 0) is 27.8 Å². The van der Waals surface area contributed by atoms with Crippen molar-refractivity contribution in [3.8, 4) is 5.75 Å². The molecule has 1 aliphatic carbocycles. The summed E-state index contributed by atoms with van der Waals surface area (Å²) in [6.45, 7) is 0.424. The molecule has 0 spiro atoms. The molecule has 1 unspecified atom stereocenters. The number of amides is 1. The first kappa shape index (κ1) is 25.2. The Hall–Kier alpha value is -2.94. The highest BCUT2D eigenvalue weighted by Gasteiger charge is 2.32. The Balaban J connectivity index is 1.62. The quantitative estimate of drug-likeness (QED) is 0.472. The van der Waals surface area contributed by atoms with Gasteiger partial charge in [0.05, 0.1) is 12.0 Å². The van der Waals surface area contributed by atoms with E-state index in [9.17, 15) is 13.2 Å². The largest absolute Gasteiger partial charge is 0.497 e. The molecule has 0 aliphatic heterocycles. The van der Waals surface area contributed by atoms with Crippen LogP contribution in [0.1, 0.15) is 36.8 Å². The van der Waals surface area contributed by atoms with Gasteiger partial charge in [-0.3, -0.25) is 4.79 Å². The molecule has 3 aromatic rings. The number of ether oxygens (including phenoxy) is 1. The predicted molar refractivity (Wildman–Crippen MR) is 138 cm³/mol. The van der Waals surface area contributed by atoms with E-state index in [0.717, 1.165) is 47.6 Å². The zero-order chi connectivity index (χ0) is 25.0. The molecule has 0 heterocycles. The molecule has 3 aromatic carbocycles. The van der Waals surface area contributed by atoms with E-state index in [1.807, 2.05) is 36.4 Å². The van der Waals surface area contributed by atoms with Gasteiger partial charge in [-0.1, -0.05) is 49.2 Å². The number of benzene rings is 3. The minimum atomic E-state index is -3.95. The van der Waals surface area contributed by atoms with Crippen molar-refractivity contribution in [3.05, 3.63) is 71.8 Å². The van der Waals surface area contributed by atoms with Crippen LogP contribution >= 0.6 is 0 Å². The van der Waals surface area contributed by atoms with Gasteiger partial charge in [-0.25, -0.2) is 8.42 Å². The predicted octanol–water partition coefficient (Wildman–Crippen LogP) is 3.60. The maximum atomic E-state index is 13.5. The summed E-state index contributed by atoms with van der Waals surface area (Å²) in [4.78, 5) is 15.4. The number of likely N-dealkylation sites (N-methyl/N-ethyl adjacent to an activating group) is 1. The van der Waals surface area contributed by atoms with E-state index < -0.39 is 16.1 Å². The Morgan fingerprint density at radius 2 is 1.66 bits per heavy atom. The van der Waals surface area contributed by atoms with Gasteiger partial charge in [0.15, 0.2) is 0 Å². The van der Waals surface area contributed by atoms with Crippen LogP contribution < -0.4 is 15.2 Å². The van der Waals surface area contributed by atoms with Crippen molar-refractivity contribution >= 4 is 26.7 Å². The number of nitrogens with one attached hydrogen (secondary N) is 1. The summed E-state index contributed by atoms with van der Waals surface area (Å²) < 4.78 is 34.8. The number of fused-ring (bicyclic) bond motifs is 1. The average molecular weight is 496 g/mol. The summed E-state index contributed by atoms with van der Waals surface area (Å²) >= 11 is 0. The van der Waals surface area contributed by atoms with Gasteiger partial charge in [0, 0.05) is 19.6 Å². The summed E-state index contributed by atoms with van der Waals surface area (Å²) in [5.41, 5.74) is 7.55. The zero-order valence-corrected chi connectivity index (χ0v) is 21.1. The molecule has 0 saturated heterocycles. The lowest BCUT2D eigenvalue weighted by atomic mass is 10.0. The van der Waals surface area contributed by atoms with E-state index in [-0.39, 0.29) is 23.3 Å². The molecule has 4 rings (SSSR count). The van der Waals surface area contributed by atoms with E-state index in [0.29, 0.717) is 12.3 Å². The second-order valence-electron chi connectivity index (χ2n) is 9.16. The average Bonchev–Trinajstić information content (AvgIpc) is 3.42. The van der Waals surface area contributed by atoms with Gasteiger partial charge in [0.1, 0.15) is 11.8 Å². The van der Waals surface area contributed by atoms with Crippen molar-refractivity contribution in [2.24, 2.45) is 5.73 Å². The van der Waals surface area contributed by atoms with Crippen molar-refractivity contribution in [2.45, 2.75) is 55.6 Å². The molecular weight excluding hydrogens is 462 g/mol. The fourth-order valence-electron chi connectivity index (χ4n) is 4.70. The zero-order valence-electron chi connectivity index (χ0n) is 20.2. The van der Waals surface area contributed by atoms with Gasteiger partial charge in [0.25, 0.3) is 0 Å². The summed E-state index contributed by atoms with van der Waals surface area (Å²) in [7, 11) is -0.582. The summed E-state index contributed by atoms with van der Waals surface area (Å²) in [6, 6.07) is 17.2. The van der Waals surface area contributed by atoms with Crippen molar-refractivity contribution in [2.75, 3.05) is 14.2 Å². The molecule has 186 valence electrons. The lowest BCUT2D eigenvalue weighted by molar-refractivity contribution is -0.133. The van der Waals surface area contributed by atoms with Crippen LogP contribution in [0.15, 0.2) is 65.6 Å². The molecular formula is C27H33N3O4S. The molecule has 1 fully saturated rings. The number of hydrogen-bond acceptors (Lipinski definition) is 5. The molecule has 35 heavy (non-hydrogen) atoms. The van der Waals surface area contributed by atoms with E-state index in [1.54, 1.807) is 43.3 Å². The Morgan fingerprint density at radius 3 is 2.31 bits per heavy atom. The third-order valence-electron chi connectivity index (χ3n) is 6.84. The molecule has 0 bridgehead atoms. The number of methoxy groups -OCH3 is 1. The van der Waals surface area contributed by atoms with Crippen LogP contribution in [0.4, 0.5) is 0 Å². The maximum Gasteiger partial charge on any atom is 0.241 e. The lowest BCUT2D eigenvalue weighted by Gasteiger charge is -2.29. The van der Waals surface area contributed by atoms with Crippen LogP contribution in [0.2, 0.25) is 0 Å². The maximum absolute atomic E-state index is 13.5. The molecule has 0 aromatic heterocycles. The first-order valence-corrected chi connectivity index (χ1v) is 13.4. The first-order chi connectivity index (χ1) is 16.8. The van der Waals surface area contributed by atoms with E-state index in [2.05, 4.69) is 4.72 Å². The normalized spacial score (nSPS) is 15.3. The molecule has 3 N–H and O–H groups in total. The molecule has 1 aliphatic rings. The van der Waals surface area contributed by atoms with Crippen molar-refractivity contribution < 1.29 is 17.9 Å². The minimum Gasteiger partial charge on any atom is -0.497 e. The topological polar surface area (TPSA) is 102 Å². The minimum absolute atomic E-state index is 0.120. The Bertz CT molecular complexity index is 1290. The molecule has 8 heteroatoms. The highest BCUT2D eigenvalue weighted by Crippen LogP contribution is 2.26. The van der Waals surface area contributed by atoms with E-state index >= 15 is 0 Å². The van der Waals surface area contributed by atoms with Gasteiger partial charge >= 0.3 is 0 Å². The monoisotopic (exact) mass is 495 g/mol. The smallest absolute Gasteiger partial charge is 0.241 e. The molecule has 0 radical (unpaired) electrons. The van der Waals surface area contributed by atoms with Crippen LogP contribution in [0.5, 0.6) is 5.75 Å². The number of nitrogens with zero attached hydrogens (tertiary/aromatic N) is 1. The van der Waals surface area contributed by atoms with Crippen molar-refractivity contribution in [1.82, 2.24) is 9.62 Å². The number of carbonyl (C=O) groups excluding carboxylic acids is 1. The highest BCUT2D eigenvalue weighted by molar-refractivity contribution is 7.89. The van der Waals surface area contributed by atoms with Crippen LogP contribution in [0.3, 0.4) is 0 Å². The summed E-state index contributed by atoms with van der Waals surface area (Å²) in [6.07, 6.45) is 4.31. The van der Waals surface area contributed by atoms with Gasteiger partial charge in [-0.05, 0) is 65.4 Å². The fraction of sp³-hybridized carbons (Fsp3) is 0.370. The number of sulfonamides is 1. The Morgan fingerprint density at radius 1 is 1.03 bits per heavy atom. The fourth-order valence-corrected chi connectivity index (χ4v) is 5.92. The molecule has 1 atom stereocenters. The molecule has 7 nitrogen and oxygen atoms in total. The molecule has 1 saturated carbocycles. The van der Waals surface area contributed by atoms with Gasteiger partial charge in [-0.2, -0.15) is 4.72 Å². The second kappa shape index (κ2) is 10.8. The van der Waals surface area contributed by atoms with Crippen molar-refractivity contribution in [1.29, 1.82) is 0 Å². The van der Waals surface area contributed by atoms with Gasteiger partial charge < -0.3 is 15.4 Å². The third-order valence-corrected chi connectivity index (χ3v) is 8.31. The van der Waals surface area contributed by atoms with Crippen molar-refractivity contribution in [3.63, 3.8) is 0 Å². The van der Waals surface area contributed by atoms with E-state index in [4.69, 9.17) is 10.5 Å². The highest BCUT2D eigenvalue weighted by atomic mass is 32.2. The lowest BCUT2D eigenvalue weighted by Crippen LogP contribution is -2.50. The number of rotatable bonds is 9. The van der Waals surface area contributed by atoms with Crippen LogP contribution in [0.25, 0.3) is 10.8 Å². The van der Waals surface area contributed by atoms with Gasteiger partial charge in [0.2, 0.25) is 15.9 Å². The number of nitrogens with two attached hydrogens (primary N) is 1. The van der Waals surface area contributed by atoms with E-state index in [1.165, 1.54) is 0 Å². The number of hydrogen-bond donors (Lipinski definition) is 2. The molecule has 1 amide bonds. The SMILES string of the molecule is COc1ccc2cc(S(=O)(=O)NC(Cc3ccc(CN)cc3)C(=O)N(C)C3CCCC3)ccc2c1. The van der Waals surface area contributed by atoms with Gasteiger partial charge in [-0.15, -0.1) is 0 Å². The standard InChI is InChI=1S/C27H33N3O4S/c1-30(23-5-3-4-6-23)27(31)26(15-19-7-9-20(18-28)10-8-19)29-35(32,33)25-14-12-21-16-24(34-2)13-11-22(21)17-25/h7-14,16-17,23,26,29H,3-6,15,18,28H2,1-2H3. The summed E-state index contributed by atoms with van der Waals surface area (Å²) in [5, 5.41) is 1.65. The van der Waals surface area contributed by atoms with Crippen LogP contribution in [-0.4, -0.2) is 45.5 Å². The second-order valence-corrected chi connectivity index (χ2v) is 10.9. The Kier molecular flexibility index (Phi) is 7.74. The third kappa shape index (κ3) is 5.83. The van der Waals surface area contributed by atoms with Crippen LogP contribution in [0, 0.1) is 0 Å².